The number of halogens is 1. The number of aromatic nitrogens is 8. The topological polar surface area (TPSA) is 277 Å². The Morgan fingerprint density at radius 3 is 2.48 bits per heavy atom. The molecule has 0 radical (unpaired) electrons. The molecule has 42 heavy (non-hydrogen) atoms. The first-order chi connectivity index (χ1) is 20.0. The zero-order valence-electron chi connectivity index (χ0n) is 21.1. The van der Waals surface area contributed by atoms with E-state index in [1.807, 2.05) is 0 Å². The number of aliphatic hydroxyl groups is 3. The van der Waals surface area contributed by atoms with E-state index in [9.17, 15) is 25.0 Å². The summed E-state index contributed by atoms with van der Waals surface area (Å²) in [6.07, 6.45) is -8.27. The fourth-order valence-corrected chi connectivity index (χ4v) is 6.22. The van der Waals surface area contributed by atoms with E-state index in [4.69, 9.17) is 41.8 Å². The van der Waals surface area contributed by atoms with Crippen molar-refractivity contribution < 1.29 is 43.1 Å². The number of rotatable bonds is 8. The maximum absolute atomic E-state index is 15.1. The Kier molecular flexibility index (Phi) is 7.42. The molecule has 2 saturated heterocycles. The van der Waals surface area contributed by atoms with Crippen LogP contribution in [0.25, 0.3) is 22.3 Å². The summed E-state index contributed by atoms with van der Waals surface area (Å²) >= 11 is 5.12. The van der Waals surface area contributed by atoms with E-state index in [1.54, 1.807) is 0 Å². The molecule has 9 N–H and O–H groups in total. The monoisotopic (exact) mass is 630 g/mol. The fraction of sp³-hybridized carbons (Fsp3) is 0.500. The standard InChI is InChI=1S/C20H24FN10O9PS/c21-8-11(33)7(39-18(8)30-4-26-9-14(22)24-3-25-15(9)30)2-37-41(36,42)40-13-12(34)6(1-32)38-19(13)31-5-27-10-16(31)28-20(23)29-17(10)35/h3-8,11-13,18-19,32-34H,1-2H2,(H,36,42)(H2,22,24,25)(H3,23,28,29,35)/t6-,7-,8?,11+,12?,13?,18-,19-,41?/m1/s1. The molecule has 226 valence electrons. The van der Waals surface area contributed by atoms with Gasteiger partial charge in [-0.3, -0.25) is 23.4 Å². The predicted octanol–water partition coefficient (Wildman–Crippen LogP) is -2.41. The molecule has 0 saturated carbocycles. The second-order valence-electron chi connectivity index (χ2n) is 9.43. The van der Waals surface area contributed by atoms with Crippen LogP contribution in [-0.2, 0) is 30.3 Å². The largest absolute Gasteiger partial charge is 0.394 e. The number of nitrogen functional groups attached to an aromatic ring is 2. The number of alkyl halides is 1. The summed E-state index contributed by atoms with van der Waals surface area (Å²) in [5, 5.41) is 31.0. The van der Waals surface area contributed by atoms with Crippen LogP contribution in [0.3, 0.4) is 0 Å². The van der Waals surface area contributed by atoms with Gasteiger partial charge in [-0.1, -0.05) is 0 Å². The van der Waals surface area contributed by atoms with Crippen molar-refractivity contribution in [3.63, 3.8) is 0 Å². The molecule has 0 spiro atoms. The highest BCUT2D eigenvalue weighted by Gasteiger charge is 2.50. The third-order valence-electron chi connectivity index (χ3n) is 6.83. The van der Waals surface area contributed by atoms with Crippen molar-refractivity contribution in [3.05, 3.63) is 29.3 Å². The number of imidazole rings is 2. The molecular formula is C20H24FN10O9PS. The second kappa shape index (κ2) is 10.8. The third kappa shape index (κ3) is 4.92. The van der Waals surface area contributed by atoms with Crippen molar-refractivity contribution in [3.8, 4) is 0 Å². The molecule has 2 fully saturated rings. The Morgan fingerprint density at radius 2 is 1.74 bits per heavy atom. The Bertz CT molecular complexity index is 1740. The van der Waals surface area contributed by atoms with Gasteiger partial charge in [-0.05, 0) is 11.8 Å². The van der Waals surface area contributed by atoms with Gasteiger partial charge in [0.15, 0.2) is 41.3 Å². The Labute approximate surface area is 238 Å². The van der Waals surface area contributed by atoms with Gasteiger partial charge >= 0.3 is 6.72 Å². The molecule has 2 aliphatic rings. The highest BCUT2D eigenvalue weighted by Crippen LogP contribution is 2.50. The predicted molar refractivity (Wildman–Crippen MR) is 141 cm³/mol. The van der Waals surface area contributed by atoms with Gasteiger partial charge in [0.2, 0.25) is 5.95 Å². The lowest BCUT2D eigenvalue weighted by molar-refractivity contribution is -0.0554. The molecule has 0 amide bonds. The van der Waals surface area contributed by atoms with E-state index in [0.29, 0.717) is 0 Å². The average molecular weight is 631 g/mol. The minimum Gasteiger partial charge on any atom is -0.394 e. The molecule has 4 aromatic rings. The maximum atomic E-state index is 15.1. The highest BCUT2D eigenvalue weighted by atomic mass is 32.5. The number of aliphatic hydroxyl groups excluding tert-OH is 3. The van der Waals surface area contributed by atoms with Crippen molar-refractivity contribution in [2.24, 2.45) is 0 Å². The number of nitrogens with two attached hydrogens (primary N) is 2. The number of anilines is 2. The SMILES string of the molecule is Nc1nc2c(ncn2[C@@H]2O[C@H](CO)C(O)C2OP(O)(=S)OC[C@H]2O[C@@H](n3cnc4c(N)ncnc43)C(F)[C@H]2O)c(=O)[nH]1. The van der Waals surface area contributed by atoms with Gasteiger partial charge in [-0.25, -0.2) is 24.3 Å². The second-order valence-corrected chi connectivity index (χ2v) is 12.2. The van der Waals surface area contributed by atoms with Crippen molar-refractivity contribution in [1.29, 1.82) is 0 Å². The quantitative estimate of drug-likeness (QED) is 0.0998. The van der Waals surface area contributed by atoms with E-state index in [0.717, 1.165) is 0 Å². The van der Waals surface area contributed by atoms with Crippen LogP contribution < -0.4 is 17.0 Å². The van der Waals surface area contributed by atoms with Crippen LogP contribution in [0.2, 0.25) is 0 Å². The van der Waals surface area contributed by atoms with E-state index in [1.165, 1.54) is 28.1 Å². The summed E-state index contributed by atoms with van der Waals surface area (Å²) in [7, 11) is 0. The Morgan fingerprint density at radius 1 is 1.05 bits per heavy atom. The lowest BCUT2D eigenvalue weighted by atomic mass is 10.1. The van der Waals surface area contributed by atoms with Crippen molar-refractivity contribution in [1.82, 2.24) is 39.0 Å². The molecule has 0 aromatic carbocycles. The molecule has 2 aliphatic heterocycles. The number of ether oxygens (including phenoxy) is 2. The average Bonchev–Trinajstić information content (AvgIpc) is 3.69. The van der Waals surface area contributed by atoms with Gasteiger partial charge in [-0.2, -0.15) is 4.98 Å². The first-order valence-corrected chi connectivity index (χ1v) is 14.8. The highest BCUT2D eigenvalue weighted by molar-refractivity contribution is 8.07. The Hall–Kier alpha value is -3.24. The van der Waals surface area contributed by atoms with Crippen LogP contribution in [0, 0.1) is 0 Å². The third-order valence-corrected chi connectivity index (χ3v) is 8.39. The van der Waals surface area contributed by atoms with Crippen LogP contribution in [-0.4, -0.2) is 109 Å². The lowest BCUT2D eigenvalue weighted by Crippen LogP contribution is -2.35. The first-order valence-electron chi connectivity index (χ1n) is 12.2. The Balaban J connectivity index is 1.19. The van der Waals surface area contributed by atoms with E-state index >= 15 is 4.39 Å². The molecular weight excluding hydrogens is 606 g/mol. The molecule has 0 bridgehead atoms. The van der Waals surface area contributed by atoms with Crippen LogP contribution in [0.1, 0.15) is 12.5 Å². The number of H-pyrrole nitrogens is 1. The molecule has 4 aromatic heterocycles. The zero-order chi connectivity index (χ0) is 29.9. The van der Waals surface area contributed by atoms with Crippen molar-refractivity contribution in [2.75, 3.05) is 24.7 Å². The molecule has 19 nitrogen and oxygen atoms in total. The fourth-order valence-electron chi connectivity index (χ4n) is 4.81. The maximum Gasteiger partial charge on any atom is 0.325 e. The zero-order valence-corrected chi connectivity index (χ0v) is 22.8. The lowest BCUT2D eigenvalue weighted by Gasteiger charge is -2.27. The van der Waals surface area contributed by atoms with Gasteiger partial charge in [0.05, 0.1) is 25.9 Å². The normalized spacial score (nSPS) is 31.3. The van der Waals surface area contributed by atoms with Crippen molar-refractivity contribution >= 4 is 52.6 Å². The minimum absolute atomic E-state index is 0.0330. The van der Waals surface area contributed by atoms with Gasteiger partial charge in [0.1, 0.15) is 42.4 Å². The van der Waals surface area contributed by atoms with Gasteiger partial charge in [0.25, 0.3) is 5.56 Å². The summed E-state index contributed by atoms with van der Waals surface area (Å²) in [4.78, 5) is 45.3. The van der Waals surface area contributed by atoms with E-state index in [-0.39, 0.29) is 34.1 Å². The summed E-state index contributed by atoms with van der Waals surface area (Å²) in [6.45, 7) is -5.52. The summed E-state index contributed by atoms with van der Waals surface area (Å²) < 4.78 is 39.9. The van der Waals surface area contributed by atoms with Crippen LogP contribution in [0.5, 0.6) is 0 Å². The van der Waals surface area contributed by atoms with Crippen LogP contribution in [0.15, 0.2) is 23.8 Å². The number of aromatic amines is 1. The number of nitrogens with one attached hydrogen (secondary N) is 1. The van der Waals surface area contributed by atoms with E-state index < -0.39 is 74.6 Å². The van der Waals surface area contributed by atoms with E-state index in [2.05, 4.69) is 29.9 Å². The summed E-state index contributed by atoms with van der Waals surface area (Å²) in [6, 6.07) is 0. The van der Waals surface area contributed by atoms with Gasteiger partial charge < -0.3 is 45.7 Å². The van der Waals surface area contributed by atoms with Crippen LogP contribution >= 0.6 is 6.72 Å². The molecule has 6 rings (SSSR count). The molecule has 6 heterocycles. The summed E-state index contributed by atoms with van der Waals surface area (Å²) in [5.41, 5.74) is 11.0. The summed E-state index contributed by atoms with van der Waals surface area (Å²) in [5.74, 6) is -0.154. The number of fused-ring (bicyclic) bond motifs is 2. The van der Waals surface area contributed by atoms with Crippen molar-refractivity contribution in [2.45, 2.75) is 49.1 Å². The molecule has 9 atom stereocenters. The smallest absolute Gasteiger partial charge is 0.325 e. The minimum atomic E-state index is -4.26. The first kappa shape index (κ1) is 28.9. The van der Waals surface area contributed by atoms with Crippen LogP contribution in [0.4, 0.5) is 16.2 Å². The number of hydrogen-bond donors (Lipinski definition) is 7. The molecule has 4 unspecified atom stereocenters. The molecule has 22 heteroatoms. The van der Waals surface area contributed by atoms with Gasteiger partial charge in [0, 0.05) is 0 Å². The van der Waals surface area contributed by atoms with Gasteiger partial charge in [-0.15, -0.1) is 0 Å². The number of hydrogen-bond acceptors (Lipinski definition) is 16. The number of nitrogens with zero attached hydrogens (tertiary/aromatic N) is 7. The molecule has 0 aliphatic carbocycles.